The summed E-state index contributed by atoms with van der Waals surface area (Å²) in [6, 6.07) is 0.524. The molecule has 1 aromatic rings. The predicted molar refractivity (Wildman–Crippen MR) is 69.8 cm³/mol. The Morgan fingerprint density at radius 3 is 2.23 bits per heavy atom. The molecule has 0 saturated carbocycles. The second-order valence-corrected chi connectivity index (χ2v) is 6.80. The average molecular weight is 337 g/mol. The van der Waals surface area contributed by atoms with Crippen molar-refractivity contribution in [3.05, 3.63) is 29.6 Å². The number of sulfonamides is 1. The van der Waals surface area contributed by atoms with Gasteiger partial charge in [0.15, 0.2) is 11.6 Å². The Bertz CT molecular complexity index is 685. The molecule has 1 aliphatic rings. The summed E-state index contributed by atoms with van der Waals surface area (Å²) in [6.45, 7) is -0.0545. The molecule has 0 spiro atoms. The van der Waals surface area contributed by atoms with E-state index >= 15 is 0 Å². The standard InChI is InChI=1S/C13H14F3NO4S/c1-21-13(18)8-2-4-17(5-3-8)22(19,20)12-7-10(15)9(14)6-11(12)16/h6-8H,2-5H2,1H3. The summed E-state index contributed by atoms with van der Waals surface area (Å²) in [4.78, 5) is 10.5. The number of carbonyl (C=O) groups is 1. The van der Waals surface area contributed by atoms with Crippen LogP contribution in [0.15, 0.2) is 17.0 Å². The molecule has 2 rings (SSSR count). The van der Waals surface area contributed by atoms with Crippen LogP contribution in [0.5, 0.6) is 0 Å². The van der Waals surface area contributed by atoms with Crippen molar-refractivity contribution in [1.82, 2.24) is 4.31 Å². The van der Waals surface area contributed by atoms with E-state index < -0.39 is 44.3 Å². The van der Waals surface area contributed by atoms with E-state index in [9.17, 15) is 26.4 Å². The van der Waals surface area contributed by atoms with E-state index in [0.29, 0.717) is 6.07 Å². The molecule has 0 N–H and O–H groups in total. The summed E-state index contributed by atoms with van der Waals surface area (Å²) in [5, 5.41) is 0. The number of ether oxygens (including phenoxy) is 1. The van der Waals surface area contributed by atoms with E-state index in [0.717, 1.165) is 4.31 Å². The van der Waals surface area contributed by atoms with Gasteiger partial charge in [-0.3, -0.25) is 4.79 Å². The molecule has 22 heavy (non-hydrogen) atoms. The molecule has 1 aliphatic heterocycles. The van der Waals surface area contributed by atoms with Crippen molar-refractivity contribution in [1.29, 1.82) is 0 Å². The van der Waals surface area contributed by atoms with E-state index in [1.54, 1.807) is 0 Å². The zero-order valence-electron chi connectivity index (χ0n) is 11.7. The summed E-state index contributed by atoms with van der Waals surface area (Å²) >= 11 is 0. The third-order valence-electron chi connectivity index (χ3n) is 3.58. The molecule has 5 nitrogen and oxygen atoms in total. The number of carbonyl (C=O) groups excluding carboxylic acids is 1. The number of nitrogens with zero attached hydrogens (tertiary/aromatic N) is 1. The van der Waals surface area contributed by atoms with Gasteiger partial charge in [-0.2, -0.15) is 4.31 Å². The van der Waals surface area contributed by atoms with Gasteiger partial charge in [0, 0.05) is 19.2 Å². The number of rotatable bonds is 3. The van der Waals surface area contributed by atoms with Gasteiger partial charge < -0.3 is 4.74 Å². The van der Waals surface area contributed by atoms with Gasteiger partial charge in [-0.15, -0.1) is 0 Å². The Morgan fingerprint density at radius 1 is 1.14 bits per heavy atom. The fraction of sp³-hybridized carbons (Fsp3) is 0.462. The monoisotopic (exact) mass is 337 g/mol. The molecular weight excluding hydrogens is 323 g/mol. The van der Waals surface area contributed by atoms with Crippen molar-refractivity contribution in [2.75, 3.05) is 20.2 Å². The first kappa shape index (κ1) is 16.8. The number of hydrogen-bond donors (Lipinski definition) is 0. The van der Waals surface area contributed by atoms with Crippen LogP contribution in [0.4, 0.5) is 13.2 Å². The lowest BCUT2D eigenvalue weighted by atomic mass is 9.99. The van der Waals surface area contributed by atoms with Crippen LogP contribution in [-0.4, -0.2) is 38.9 Å². The van der Waals surface area contributed by atoms with Gasteiger partial charge in [-0.25, -0.2) is 21.6 Å². The van der Waals surface area contributed by atoms with E-state index in [1.165, 1.54) is 7.11 Å². The molecule has 0 atom stereocenters. The van der Waals surface area contributed by atoms with Gasteiger partial charge in [0.25, 0.3) is 0 Å². The molecule has 0 aliphatic carbocycles. The second-order valence-electron chi connectivity index (χ2n) is 4.90. The highest BCUT2D eigenvalue weighted by molar-refractivity contribution is 7.89. The van der Waals surface area contributed by atoms with Gasteiger partial charge in [-0.1, -0.05) is 0 Å². The Hall–Kier alpha value is -1.61. The SMILES string of the molecule is COC(=O)C1CCN(S(=O)(=O)c2cc(F)c(F)cc2F)CC1. The average Bonchev–Trinajstić information content (AvgIpc) is 2.50. The highest BCUT2D eigenvalue weighted by Gasteiger charge is 2.34. The summed E-state index contributed by atoms with van der Waals surface area (Å²) in [7, 11) is -3.05. The molecule has 0 unspecified atom stereocenters. The largest absolute Gasteiger partial charge is 0.469 e. The summed E-state index contributed by atoms with van der Waals surface area (Å²) in [5.74, 6) is -5.11. The number of hydrogen-bond acceptors (Lipinski definition) is 4. The van der Waals surface area contributed by atoms with Crippen LogP contribution in [0.25, 0.3) is 0 Å². The molecule has 122 valence electrons. The van der Waals surface area contributed by atoms with E-state index in [4.69, 9.17) is 0 Å². The molecule has 1 heterocycles. The lowest BCUT2D eigenvalue weighted by Crippen LogP contribution is -2.40. The summed E-state index contributed by atoms with van der Waals surface area (Å²) in [6.07, 6.45) is 0.439. The molecule has 9 heteroatoms. The van der Waals surface area contributed by atoms with Crippen LogP contribution < -0.4 is 0 Å². The zero-order valence-corrected chi connectivity index (χ0v) is 12.5. The first-order valence-electron chi connectivity index (χ1n) is 6.50. The van der Waals surface area contributed by atoms with E-state index in [-0.39, 0.29) is 32.0 Å². The van der Waals surface area contributed by atoms with E-state index in [1.807, 2.05) is 0 Å². The van der Waals surface area contributed by atoms with Crippen molar-refractivity contribution in [3.8, 4) is 0 Å². The Morgan fingerprint density at radius 2 is 1.68 bits per heavy atom. The molecular formula is C13H14F3NO4S. The third-order valence-corrected chi connectivity index (χ3v) is 5.49. The first-order valence-corrected chi connectivity index (χ1v) is 7.94. The van der Waals surface area contributed by atoms with Gasteiger partial charge in [0.05, 0.1) is 13.0 Å². The van der Waals surface area contributed by atoms with Gasteiger partial charge in [-0.05, 0) is 18.9 Å². The first-order chi connectivity index (χ1) is 10.3. The number of halogens is 3. The van der Waals surface area contributed by atoms with E-state index in [2.05, 4.69) is 4.74 Å². The topological polar surface area (TPSA) is 63.7 Å². The van der Waals surface area contributed by atoms with Crippen LogP contribution in [0.2, 0.25) is 0 Å². The zero-order chi connectivity index (χ0) is 16.5. The Labute approximate surface area is 125 Å². The normalized spacial score (nSPS) is 17.5. The fourth-order valence-corrected chi connectivity index (χ4v) is 3.87. The maximum Gasteiger partial charge on any atom is 0.308 e. The Balaban J connectivity index is 2.22. The van der Waals surface area contributed by atoms with Gasteiger partial charge >= 0.3 is 5.97 Å². The van der Waals surface area contributed by atoms with Crippen LogP contribution in [0.3, 0.4) is 0 Å². The van der Waals surface area contributed by atoms with Gasteiger partial charge in [0.1, 0.15) is 10.7 Å². The van der Waals surface area contributed by atoms with Crippen molar-refractivity contribution in [2.45, 2.75) is 17.7 Å². The van der Waals surface area contributed by atoms with Crippen LogP contribution in [0.1, 0.15) is 12.8 Å². The number of esters is 1. The van der Waals surface area contributed by atoms with Gasteiger partial charge in [0.2, 0.25) is 10.0 Å². The number of methoxy groups -OCH3 is 1. The lowest BCUT2D eigenvalue weighted by Gasteiger charge is -2.29. The van der Waals surface area contributed by atoms with Crippen LogP contribution in [0, 0.1) is 23.4 Å². The minimum atomic E-state index is -4.29. The third kappa shape index (κ3) is 3.09. The molecule has 0 bridgehead atoms. The van der Waals surface area contributed by atoms with Crippen molar-refractivity contribution in [3.63, 3.8) is 0 Å². The van der Waals surface area contributed by atoms with Crippen molar-refractivity contribution >= 4 is 16.0 Å². The van der Waals surface area contributed by atoms with Crippen molar-refractivity contribution < 1.29 is 31.1 Å². The summed E-state index contributed by atoms with van der Waals surface area (Å²) < 4.78 is 69.9. The molecule has 1 saturated heterocycles. The minimum absolute atomic E-state index is 0.0272. The number of benzene rings is 1. The lowest BCUT2D eigenvalue weighted by molar-refractivity contribution is -0.146. The fourth-order valence-electron chi connectivity index (χ4n) is 2.34. The molecule has 0 amide bonds. The smallest absolute Gasteiger partial charge is 0.308 e. The number of piperidine rings is 1. The molecule has 1 fully saturated rings. The minimum Gasteiger partial charge on any atom is -0.469 e. The summed E-state index contributed by atoms with van der Waals surface area (Å²) in [5.41, 5.74) is 0. The molecule has 0 radical (unpaired) electrons. The predicted octanol–water partition coefficient (Wildman–Crippen LogP) is 1.68. The molecule has 1 aromatic carbocycles. The quantitative estimate of drug-likeness (QED) is 0.622. The Kier molecular flexibility index (Phi) is 4.76. The molecule has 0 aromatic heterocycles. The maximum absolute atomic E-state index is 13.7. The highest BCUT2D eigenvalue weighted by atomic mass is 32.2. The highest BCUT2D eigenvalue weighted by Crippen LogP contribution is 2.27. The maximum atomic E-state index is 13.7. The van der Waals surface area contributed by atoms with Crippen LogP contribution in [-0.2, 0) is 19.6 Å². The van der Waals surface area contributed by atoms with Crippen LogP contribution >= 0.6 is 0 Å². The van der Waals surface area contributed by atoms with Crippen molar-refractivity contribution in [2.24, 2.45) is 5.92 Å². The second kappa shape index (κ2) is 6.25.